The Morgan fingerprint density at radius 1 is 1.43 bits per heavy atom. The normalized spacial score (nSPS) is 12.2. The average Bonchev–Trinajstić information content (AvgIpc) is 2.18. The monoisotopic (exact) mass is 193 g/mol. The van der Waals surface area contributed by atoms with Gasteiger partial charge >= 0.3 is 0 Å². The Labute approximate surface area is 83.3 Å². The van der Waals surface area contributed by atoms with Gasteiger partial charge in [-0.15, -0.1) is 0 Å². The molecule has 0 fully saturated rings. The number of aryl methyl sites for hydroxylation is 1. The lowest BCUT2D eigenvalue weighted by Gasteiger charge is -2.10. The third kappa shape index (κ3) is 2.83. The third-order valence-corrected chi connectivity index (χ3v) is 2.07. The van der Waals surface area contributed by atoms with Crippen molar-refractivity contribution in [3.8, 4) is 0 Å². The minimum Gasteiger partial charge on any atom is -0.324 e. The van der Waals surface area contributed by atoms with E-state index in [0.717, 1.165) is 5.56 Å². The predicted molar refractivity (Wildman–Crippen MR) is 55.1 cm³/mol. The summed E-state index contributed by atoms with van der Waals surface area (Å²) in [5.74, 6) is 4.72. The van der Waals surface area contributed by atoms with Crippen LogP contribution in [0, 0.1) is 6.92 Å². The molecule has 0 saturated heterocycles. The molecule has 0 bridgehead atoms. The Bertz CT molecular complexity index is 308. The first-order valence-electron chi connectivity index (χ1n) is 4.45. The molecule has 76 valence electrons. The van der Waals surface area contributed by atoms with Crippen LogP contribution in [0.25, 0.3) is 0 Å². The van der Waals surface area contributed by atoms with Gasteiger partial charge in [-0.05, 0) is 12.5 Å². The maximum atomic E-state index is 10.9. The Balaban J connectivity index is 2.65. The van der Waals surface area contributed by atoms with Gasteiger partial charge in [-0.3, -0.25) is 10.2 Å². The van der Waals surface area contributed by atoms with Gasteiger partial charge in [-0.2, -0.15) is 0 Å². The molecule has 14 heavy (non-hydrogen) atoms. The van der Waals surface area contributed by atoms with E-state index in [-0.39, 0.29) is 18.4 Å². The van der Waals surface area contributed by atoms with E-state index in [1.54, 1.807) is 0 Å². The molecule has 0 saturated carbocycles. The lowest BCUT2D eigenvalue weighted by molar-refractivity contribution is -0.121. The van der Waals surface area contributed by atoms with E-state index in [9.17, 15) is 4.79 Å². The van der Waals surface area contributed by atoms with E-state index < -0.39 is 0 Å². The first kappa shape index (κ1) is 10.7. The predicted octanol–water partition coefficient (Wildman–Crippen LogP) is 0.375. The summed E-state index contributed by atoms with van der Waals surface area (Å²) in [6, 6.07) is 7.48. The van der Waals surface area contributed by atoms with Crippen molar-refractivity contribution in [3.05, 3.63) is 35.4 Å². The topological polar surface area (TPSA) is 81.1 Å². The fraction of sp³-hybridized carbons (Fsp3) is 0.300. The van der Waals surface area contributed by atoms with E-state index >= 15 is 0 Å². The molecule has 1 aromatic carbocycles. The summed E-state index contributed by atoms with van der Waals surface area (Å²) in [7, 11) is 0. The molecule has 1 aromatic rings. The van der Waals surface area contributed by atoms with Gasteiger partial charge in [-0.1, -0.05) is 29.8 Å². The molecule has 0 aliphatic rings. The molecule has 1 unspecified atom stereocenters. The van der Waals surface area contributed by atoms with Crippen molar-refractivity contribution in [1.82, 2.24) is 5.43 Å². The molecule has 0 heterocycles. The number of amides is 1. The molecule has 1 amide bonds. The minimum atomic E-state index is -0.292. The molecule has 4 heteroatoms. The number of nitrogens with one attached hydrogen (secondary N) is 1. The molecule has 0 aromatic heterocycles. The van der Waals surface area contributed by atoms with Gasteiger partial charge in [0.2, 0.25) is 5.91 Å². The Hall–Kier alpha value is -1.39. The van der Waals surface area contributed by atoms with Crippen LogP contribution in [0.3, 0.4) is 0 Å². The number of benzene rings is 1. The van der Waals surface area contributed by atoms with Gasteiger partial charge in [-0.25, -0.2) is 5.84 Å². The molecule has 0 radical (unpaired) electrons. The summed E-state index contributed by atoms with van der Waals surface area (Å²) in [5.41, 5.74) is 9.98. The third-order valence-electron chi connectivity index (χ3n) is 2.07. The second-order valence-electron chi connectivity index (χ2n) is 3.29. The largest absolute Gasteiger partial charge is 0.324 e. The summed E-state index contributed by atoms with van der Waals surface area (Å²) in [6.45, 7) is 2.00. The highest BCUT2D eigenvalue weighted by atomic mass is 16.2. The fourth-order valence-electron chi connectivity index (χ4n) is 1.19. The van der Waals surface area contributed by atoms with Gasteiger partial charge in [0.05, 0.1) is 0 Å². The molecular weight excluding hydrogens is 178 g/mol. The SMILES string of the molecule is Cc1ccc(C(N)CC(=O)NN)cc1. The molecule has 1 atom stereocenters. The zero-order valence-electron chi connectivity index (χ0n) is 8.16. The molecule has 0 spiro atoms. The van der Waals surface area contributed by atoms with Crippen LogP contribution in [0.2, 0.25) is 0 Å². The van der Waals surface area contributed by atoms with Crippen molar-refractivity contribution in [2.75, 3.05) is 0 Å². The molecule has 1 rings (SSSR count). The van der Waals surface area contributed by atoms with Gasteiger partial charge in [0.1, 0.15) is 0 Å². The van der Waals surface area contributed by atoms with E-state index in [1.165, 1.54) is 5.56 Å². The molecule has 4 nitrogen and oxygen atoms in total. The molecule has 0 aliphatic carbocycles. The van der Waals surface area contributed by atoms with Crippen LogP contribution in [0.15, 0.2) is 24.3 Å². The lowest BCUT2D eigenvalue weighted by Crippen LogP contribution is -2.32. The van der Waals surface area contributed by atoms with Crippen LogP contribution in [-0.2, 0) is 4.79 Å². The van der Waals surface area contributed by atoms with Crippen LogP contribution in [0.5, 0.6) is 0 Å². The van der Waals surface area contributed by atoms with Crippen LogP contribution >= 0.6 is 0 Å². The van der Waals surface area contributed by atoms with Crippen molar-refractivity contribution in [1.29, 1.82) is 0 Å². The zero-order chi connectivity index (χ0) is 10.6. The van der Waals surface area contributed by atoms with Crippen molar-refractivity contribution in [2.45, 2.75) is 19.4 Å². The van der Waals surface area contributed by atoms with Crippen LogP contribution < -0.4 is 17.0 Å². The number of hydrazine groups is 1. The number of nitrogens with two attached hydrogens (primary N) is 2. The smallest absolute Gasteiger partial charge is 0.235 e. The van der Waals surface area contributed by atoms with Crippen LogP contribution in [0.1, 0.15) is 23.6 Å². The second kappa shape index (κ2) is 4.74. The quantitative estimate of drug-likeness (QED) is 0.368. The Morgan fingerprint density at radius 3 is 2.50 bits per heavy atom. The molecule has 0 aliphatic heterocycles. The summed E-state index contributed by atoms with van der Waals surface area (Å²) in [4.78, 5) is 10.9. The second-order valence-corrected chi connectivity index (χ2v) is 3.29. The standard InChI is InChI=1S/C10H15N3O/c1-7-2-4-8(5-3-7)9(11)6-10(14)13-12/h2-5,9H,6,11-12H2,1H3,(H,13,14). The average molecular weight is 193 g/mol. The highest BCUT2D eigenvalue weighted by Gasteiger charge is 2.09. The van der Waals surface area contributed by atoms with Gasteiger partial charge in [0, 0.05) is 12.5 Å². The highest BCUT2D eigenvalue weighted by molar-refractivity contribution is 5.76. The maximum absolute atomic E-state index is 10.9. The first-order chi connectivity index (χ1) is 6.63. The van der Waals surface area contributed by atoms with E-state index in [0.29, 0.717) is 0 Å². The van der Waals surface area contributed by atoms with Crippen molar-refractivity contribution >= 4 is 5.91 Å². The van der Waals surface area contributed by atoms with E-state index in [1.807, 2.05) is 31.2 Å². The number of rotatable bonds is 3. The van der Waals surface area contributed by atoms with Gasteiger partial charge in [0.15, 0.2) is 0 Å². The van der Waals surface area contributed by atoms with Crippen LogP contribution in [-0.4, -0.2) is 5.91 Å². The van der Waals surface area contributed by atoms with E-state index in [4.69, 9.17) is 11.6 Å². The minimum absolute atomic E-state index is 0.208. The van der Waals surface area contributed by atoms with Gasteiger partial charge in [0.25, 0.3) is 0 Å². The number of carbonyl (C=O) groups is 1. The zero-order valence-corrected chi connectivity index (χ0v) is 8.16. The van der Waals surface area contributed by atoms with Gasteiger partial charge < -0.3 is 5.73 Å². The lowest BCUT2D eigenvalue weighted by atomic mass is 10.0. The summed E-state index contributed by atoms with van der Waals surface area (Å²) < 4.78 is 0. The number of hydrogen-bond acceptors (Lipinski definition) is 3. The number of hydrogen-bond donors (Lipinski definition) is 3. The van der Waals surface area contributed by atoms with Crippen molar-refractivity contribution < 1.29 is 4.79 Å². The molecular formula is C10H15N3O. The summed E-state index contributed by atoms with van der Waals surface area (Å²) >= 11 is 0. The maximum Gasteiger partial charge on any atom is 0.235 e. The Morgan fingerprint density at radius 2 is 2.00 bits per heavy atom. The summed E-state index contributed by atoms with van der Waals surface area (Å²) in [6.07, 6.45) is 0.208. The first-order valence-corrected chi connectivity index (χ1v) is 4.45. The van der Waals surface area contributed by atoms with Crippen molar-refractivity contribution in [2.24, 2.45) is 11.6 Å². The highest BCUT2D eigenvalue weighted by Crippen LogP contribution is 2.14. The fourth-order valence-corrected chi connectivity index (χ4v) is 1.19. The Kier molecular flexibility index (Phi) is 3.62. The number of carbonyl (C=O) groups excluding carboxylic acids is 1. The summed E-state index contributed by atoms with van der Waals surface area (Å²) in [5, 5.41) is 0. The van der Waals surface area contributed by atoms with E-state index in [2.05, 4.69) is 5.43 Å². The van der Waals surface area contributed by atoms with Crippen LogP contribution in [0.4, 0.5) is 0 Å². The van der Waals surface area contributed by atoms with Crippen molar-refractivity contribution in [3.63, 3.8) is 0 Å². The molecule has 5 N–H and O–H groups in total.